The Balaban J connectivity index is 2.78. The highest BCUT2D eigenvalue weighted by atomic mass is 19.1. The first-order chi connectivity index (χ1) is 8.58. The van der Waals surface area contributed by atoms with Crippen LogP contribution in [0.1, 0.15) is 24.5 Å². The minimum atomic E-state index is -0.538. The zero-order chi connectivity index (χ0) is 13.3. The van der Waals surface area contributed by atoms with Crippen molar-refractivity contribution in [3.05, 3.63) is 34.9 Å². The van der Waals surface area contributed by atoms with Crippen LogP contribution >= 0.6 is 0 Å². The maximum absolute atomic E-state index is 14.0. The van der Waals surface area contributed by atoms with Gasteiger partial charge in [-0.25, -0.2) is 19.6 Å². The van der Waals surface area contributed by atoms with Crippen molar-refractivity contribution in [3.8, 4) is 0 Å². The van der Waals surface area contributed by atoms with Crippen LogP contribution in [0, 0.1) is 18.6 Å². The van der Waals surface area contributed by atoms with Gasteiger partial charge in [-0.05, 0) is 36.6 Å². The van der Waals surface area contributed by atoms with E-state index in [1.54, 1.807) is 6.07 Å². The number of hydrazine groups is 1. The van der Waals surface area contributed by atoms with Crippen molar-refractivity contribution in [2.75, 3.05) is 5.43 Å². The molecule has 3 nitrogen and oxygen atoms in total. The maximum atomic E-state index is 14.0. The van der Waals surface area contributed by atoms with Crippen LogP contribution in [0.25, 0.3) is 10.9 Å². The number of benzene rings is 1. The Bertz CT molecular complexity index is 597. The van der Waals surface area contributed by atoms with Crippen molar-refractivity contribution >= 4 is 16.7 Å². The molecular weight excluding hydrogens is 236 g/mol. The molecule has 2 rings (SSSR count). The molecule has 0 radical (unpaired) electrons. The van der Waals surface area contributed by atoms with Gasteiger partial charge < -0.3 is 5.43 Å². The van der Waals surface area contributed by atoms with Crippen molar-refractivity contribution < 1.29 is 8.78 Å². The molecule has 0 saturated heterocycles. The monoisotopic (exact) mass is 251 g/mol. The quantitative estimate of drug-likeness (QED) is 0.651. The number of anilines is 1. The molecule has 1 heterocycles. The SMILES string of the molecule is CCCc1cc2c(F)c(C)cc(F)c2nc1NN. The van der Waals surface area contributed by atoms with E-state index in [0.717, 1.165) is 18.1 Å². The predicted octanol–water partition coefficient (Wildman–Crippen LogP) is 3.06. The molecule has 1 aromatic carbocycles. The summed E-state index contributed by atoms with van der Waals surface area (Å²) in [4.78, 5) is 4.06. The Labute approximate surface area is 104 Å². The van der Waals surface area contributed by atoms with Crippen LogP contribution in [-0.4, -0.2) is 4.98 Å². The van der Waals surface area contributed by atoms with Gasteiger partial charge in [0.1, 0.15) is 23.0 Å². The Kier molecular flexibility index (Phi) is 3.43. The molecule has 18 heavy (non-hydrogen) atoms. The summed E-state index contributed by atoms with van der Waals surface area (Å²) in [5.41, 5.74) is 3.50. The first-order valence-electron chi connectivity index (χ1n) is 5.83. The summed E-state index contributed by atoms with van der Waals surface area (Å²) < 4.78 is 27.7. The summed E-state index contributed by atoms with van der Waals surface area (Å²) in [6.45, 7) is 3.53. The molecule has 0 aliphatic rings. The average Bonchev–Trinajstić information content (AvgIpc) is 2.36. The van der Waals surface area contributed by atoms with E-state index in [-0.39, 0.29) is 16.5 Å². The number of aromatic nitrogens is 1. The summed E-state index contributed by atoms with van der Waals surface area (Å²) in [7, 11) is 0. The fourth-order valence-corrected chi connectivity index (χ4v) is 2.02. The highest BCUT2D eigenvalue weighted by molar-refractivity contribution is 5.83. The number of pyridine rings is 1. The number of nitrogens with two attached hydrogens (primary N) is 1. The first kappa shape index (κ1) is 12.7. The van der Waals surface area contributed by atoms with E-state index in [0.29, 0.717) is 12.2 Å². The Morgan fingerprint density at radius 2 is 2.06 bits per heavy atom. The normalized spacial score (nSPS) is 10.9. The molecule has 1 aromatic heterocycles. The zero-order valence-corrected chi connectivity index (χ0v) is 10.3. The molecule has 96 valence electrons. The van der Waals surface area contributed by atoms with Crippen LogP contribution in [0.15, 0.2) is 12.1 Å². The molecule has 0 amide bonds. The molecular formula is C13H15F2N3. The van der Waals surface area contributed by atoms with Gasteiger partial charge in [-0.2, -0.15) is 0 Å². The van der Waals surface area contributed by atoms with Gasteiger partial charge in [0.25, 0.3) is 0 Å². The standard InChI is InChI=1S/C13H15F2N3/c1-3-4-8-6-9-11(15)7(2)5-10(14)12(9)17-13(8)18-16/h5-6H,3-4,16H2,1-2H3,(H,17,18). The molecule has 0 unspecified atom stereocenters. The topological polar surface area (TPSA) is 50.9 Å². The number of nitrogens with zero attached hydrogens (tertiary/aromatic N) is 1. The number of nitrogen functional groups attached to an aromatic ring is 1. The van der Waals surface area contributed by atoms with E-state index in [2.05, 4.69) is 10.4 Å². The van der Waals surface area contributed by atoms with Gasteiger partial charge in [-0.3, -0.25) is 0 Å². The van der Waals surface area contributed by atoms with Gasteiger partial charge in [0.05, 0.1) is 0 Å². The molecule has 0 bridgehead atoms. The third kappa shape index (κ3) is 2.01. The molecule has 0 aliphatic carbocycles. The maximum Gasteiger partial charge on any atom is 0.149 e. The molecule has 0 aliphatic heterocycles. The van der Waals surface area contributed by atoms with Crippen LogP contribution in [0.2, 0.25) is 0 Å². The average molecular weight is 251 g/mol. The van der Waals surface area contributed by atoms with Crippen molar-refractivity contribution in [3.63, 3.8) is 0 Å². The second-order valence-corrected chi connectivity index (χ2v) is 4.28. The lowest BCUT2D eigenvalue weighted by Gasteiger charge is -2.11. The van der Waals surface area contributed by atoms with E-state index in [1.165, 1.54) is 6.92 Å². The van der Waals surface area contributed by atoms with E-state index in [1.807, 2.05) is 6.92 Å². The number of fused-ring (bicyclic) bond motifs is 1. The lowest BCUT2D eigenvalue weighted by molar-refractivity contribution is 0.607. The second-order valence-electron chi connectivity index (χ2n) is 4.28. The number of hydrogen-bond donors (Lipinski definition) is 2. The number of nitrogens with one attached hydrogen (secondary N) is 1. The Hall–Kier alpha value is -1.75. The fourth-order valence-electron chi connectivity index (χ4n) is 2.02. The highest BCUT2D eigenvalue weighted by Gasteiger charge is 2.14. The Morgan fingerprint density at radius 3 is 2.67 bits per heavy atom. The summed E-state index contributed by atoms with van der Waals surface area (Å²) in [5.74, 6) is 4.79. The fraction of sp³-hybridized carbons (Fsp3) is 0.308. The molecule has 5 heteroatoms. The van der Waals surface area contributed by atoms with E-state index in [4.69, 9.17) is 5.84 Å². The lowest BCUT2D eigenvalue weighted by Crippen LogP contribution is -2.12. The molecule has 0 fully saturated rings. The van der Waals surface area contributed by atoms with Crippen LogP contribution < -0.4 is 11.3 Å². The highest BCUT2D eigenvalue weighted by Crippen LogP contribution is 2.27. The van der Waals surface area contributed by atoms with Crippen LogP contribution in [0.3, 0.4) is 0 Å². The summed E-state index contributed by atoms with van der Waals surface area (Å²) in [6.07, 6.45) is 1.58. The van der Waals surface area contributed by atoms with E-state index >= 15 is 0 Å². The van der Waals surface area contributed by atoms with Crippen molar-refractivity contribution in [2.45, 2.75) is 26.7 Å². The van der Waals surface area contributed by atoms with E-state index < -0.39 is 11.6 Å². The van der Waals surface area contributed by atoms with Gasteiger partial charge in [0.2, 0.25) is 0 Å². The number of rotatable bonds is 3. The predicted molar refractivity (Wildman–Crippen MR) is 68.2 cm³/mol. The van der Waals surface area contributed by atoms with Crippen LogP contribution in [0.5, 0.6) is 0 Å². The van der Waals surface area contributed by atoms with Crippen LogP contribution in [-0.2, 0) is 6.42 Å². The largest absolute Gasteiger partial charge is 0.308 e. The van der Waals surface area contributed by atoms with Gasteiger partial charge in [-0.15, -0.1) is 0 Å². The number of hydrogen-bond acceptors (Lipinski definition) is 3. The third-order valence-electron chi connectivity index (χ3n) is 2.91. The lowest BCUT2D eigenvalue weighted by atomic mass is 10.1. The van der Waals surface area contributed by atoms with Crippen molar-refractivity contribution in [1.29, 1.82) is 0 Å². The summed E-state index contributed by atoms with van der Waals surface area (Å²) in [5, 5.41) is 0.204. The first-order valence-corrected chi connectivity index (χ1v) is 5.83. The molecule has 0 saturated carbocycles. The molecule has 0 atom stereocenters. The smallest absolute Gasteiger partial charge is 0.149 e. The zero-order valence-electron chi connectivity index (χ0n) is 10.3. The summed E-state index contributed by atoms with van der Waals surface area (Å²) >= 11 is 0. The van der Waals surface area contributed by atoms with E-state index in [9.17, 15) is 8.78 Å². The molecule has 3 N–H and O–H groups in total. The van der Waals surface area contributed by atoms with Gasteiger partial charge >= 0.3 is 0 Å². The molecule has 2 aromatic rings. The number of aryl methyl sites for hydroxylation is 2. The van der Waals surface area contributed by atoms with Crippen LogP contribution in [0.4, 0.5) is 14.6 Å². The Morgan fingerprint density at radius 1 is 1.33 bits per heavy atom. The number of halogens is 2. The second kappa shape index (κ2) is 4.86. The van der Waals surface area contributed by atoms with Crippen molar-refractivity contribution in [1.82, 2.24) is 4.98 Å². The van der Waals surface area contributed by atoms with Gasteiger partial charge in [-0.1, -0.05) is 13.3 Å². The van der Waals surface area contributed by atoms with Crippen molar-refractivity contribution in [2.24, 2.45) is 5.84 Å². The molecule has 0 spiro atoms. The van der Waals surface area contributed by atoms with Gasteiger partial charge in [0, 0.05) is 5.39 Å². The third-order valence-corrected chi connectivity index (χ3v) is 2.91. The summed E-state index contributed by atoms with van der Waals surface area (Å²) in [6, 6.07) is 2.76. The minimum Gasteiger partial charge on any atom is -0.308 e. The minimum absolute atomic E-state index is 0.00547. The van der Waals surface area contributed by atoms with Gasteiger partial charge in [0.15, 0.2) is 0 Å².